The smallest absolute Gasteiger partial charge is 0.235 e. The topological polar surface area (TPSA) is 92.4 Å². The van der Waals surface area contributed by atoms with Gasteiger partial charge >= 0.3 is 0 Å². The maximum Gasteiger partial charge on any atom is 0.235 e. The summed E-state index contributed by atoms with van der Waals surface area (Å²) in [5.41, 5.74) is 4.31. The Balaban J connectivity index is 0.000000298. The number of rotatable bonds is 5. The second-order valence-electron chi connectivity index (χ2n) is 5.24. The average molecular weight is 378 g/mol. The van der Waals surface area contributed by atoms with Crippen molar-refractivity contribution in [2.45, 2.75) is 27.3 Å². The predicted octanol–water partition coefficient (Wildman–Crippen LogP) is 2.58. The van der Waals surface area contributed by atoms with Gasteiger partial charge in [0.1, 0.15) is 23.3 Å². The van der Waals surface area contributed by atoms with Crippen LogP contribution in [0.25, 0.3) is 22.1 Å². The minimum atomic E-state index is -4.42. The van der Waals surface area contributed by atoms with Gasteiger partial charge in [-0.2, -0.15) is 4.57 Å². The van der Waals surface area contributed by atoms with E-state index in [1.165, 1.54) is 6.92 Å². The van der Waals surface area contributed by atoms with Crippen molar-refractivity contribution in [1.82, 2.24) is 4.98 Å². The molecule has 0 aliphatic rings. The number of para-hydroxylation sites is 2. The number of benzene rings is 2. The standard InChI is InChI=1S/C16H17N2O.C2H6O4S/c1-3-18-15-8-6-5-7-13(15)17-14-10-9-12(19-4-2)11-16(14)18;1-2-6-7(3,4)5/h5-11H,3-4H2,1-2H3;2H2,1H3,(H,3,4,5)/q+1;/p-1. The molecule has 8 heteroatoms. The zero-order valence-electron chi connectivity index (χ0n) is 15.0. The Morgan fingerprint density at radius 3 is 2.27 bits per heavy atom. The van der Waals surface area contributed by atoms with Crippen LogP contribution in [0.15, 0.2) is 42.5 Å². The molecule has 1 aromatic heterocycles. The molecule has 0 aliphatic carbocycles. The quantitative estimate of drug-likeness (QED) is 0.293. The first-order valence-corrected chi connectivity index (χ1v) is 9.68. The fourth-order valence-electron chi connectivity index (χ4n) is 2.60. The molecule has 0 saturated carbocycles. The molecule has 140 valence electrons. The van der Waals surface area contributed by atoms with Crippen LogP contribution in [0.3, 0.4) is 0 Å². The van der Waals surface area contributed by atoms with Gasteiger partial charge in [-0.1, -0.05) is 12.1 Å². The Kier molecular flexibility index (Phi) is 6.84. The zero-order chi connectivity index (χ0) is 19.2. The van der Waals surface area contributed by atoms with E-state index in [0.717, 1.165) is 34.4 Å². The minimum absolute atomic E-state index is 0.0914. The highest BCUT2D eigenvalue weighted by Crippen LogP contribution is 2.19. The van der Waals surface area contributed by atoms with Crippen molar-refractivity contribution in [1.29, 1.82) is 0 Å². The summed E-state index contributed by atoms with van der Waals surface area (Å²) in [5, 5.41) is 0. The molecule has 26 heavy (non-hydrogen) atoms. The SMILES string of the molecule is CCOS(=O)(=O)[O-].CCOc1ccc2nc3ccccc3[n+](CC)c2c1. The summed E-state index contributed by atoms with van der Waals surface area (Å²) in [6.07, 6.45) is 0. The largest absolute Gasteiger partial charge is 0.726 e. The molecule has 0 unspecified atom stereocenters. The summed E-state index contributed by atoms with van der Waals surface area (Å²) >= 11 is 0. The Morgan fingerprint density at radius 2 is 1.69 bits per heavy atom. The number of nitrogens with zero attached hydrogens (tertiary/aromatic N) is 2. The summed E-state index contributed by atoms with van der Waals surface area (Å²) in [4.78, 5) is 4.71. The van der Waals surface area contributed by atoms with Crippen LogP contribution in [0, 0.1) is 0 Å². The molecule has 0 fully saturated rings. The van der Waals surface area contributed by atoms with Gasteiger partial charge in [0.05, 0.1) is 19.3 Å². The number of aryl methyl sites for hydroxylation is 1. The molecule has 1 heterocycles. The summed E-state index contributed by atoms with van der Waals surface area (Å²) in [5.74, 6) is 0.897. The molecule has 0 amide bonds. The van der Waals surface area contributed by atoms with E-state index < -0.39 is 10.4 Å². The van der Waals surface area contributed by atoms with E-state index in [0.29, 0.717) is 6.61 Å². The fraction of sp³-hybridized carbons (Fsp3) is 0.333. The molecule has 3 aromatic rings. The summed E-state index contributed by atoms with van der Waals surface area (Å²) in [6, 6.07) is 14.3. The van der Waals surface area contributed by atoms with Crippen LogP contribution in [-0.4, -0.2) is 31.2 Å². The van der Waals surface area contributed by atoms with E-state index in [4.69, 9.17) is 9.72 Å². The van der Waals surface area contributed by atoms with Crippen LogP contribution in [-0.2, 0) is 21.1 Å². The van der Waals surface area contributed by atoms with E-state index >= 15 is 0 Å². The fourth-order valence-corrected chi connectivity index (χ4v) is 2.89. The third-order valence-electron chi connectivity index (χ3n) is 3.54. The molecule has 0 N–H and O–H groups in total. The highest BCUT2D eigenvalue weighted by molar-refractivity contribution is 7.80. The van der Waals surface area contributed by atoms with Gasteiger partial charge in [-0.05, 0) is 39.0 Å². The van der Waals surface area contributed by atoms with Crippen LogP contribution in [0.1, 0.15) is 20.8 Å². The molecule has 0 radical (unpaired) electrons. The van der Waals surface area contributed by atoms with Gasteiger partial charge in [-0.25, -0.2) is 13.4 Å². The van der Waals surface area contributed by atoms with E-state index in [1.807, 2.05) is 25.1 Å². The third kappa shape index (κ3) is 5.10. The summed E-state index contributed by atoms with van der Waals surface area (Å²) in [7, 11) is -4.42. The van der Waals surface area contributed by atoms with Gasteiger partial charge in [0, 0.05) is 6.07 Å². The van der Waals surface area contributed by atoms with Gasteiger partial charge in [-0.15, -0.1) is 0 Å². The Morgan fingerprint density at radius 1 is 1.00 bits per heavy atom. The van der Waals surface area contributed by atoms with Crippen LogP contribution in [0.5, 0.6) is 5.75 Å². The van der Waals surface area contributed by atoms with Crippen molar-refractivity contribution in [2.24, 2.45) is 0 Å². The average Bonchev–Trinajstić information content (AvgIpc) is 2.59. The van der Waals surface area contributed by atoms with E-state index in [2.05, 4.69) is 39.9 Å². The second kappa shape index (κ2) is 8.88. The van der Waals surface area contributed by atoms with Crippen molar-refractivity contribution >= 4 is 32.5 Å². The lowest BCUT2D eigenvalue weighted by atomic mass is 10.2. The van der Waals surface area contributed by atoms with Crippen LogP contribution >= 0.6 is 0 Å². The predicted molar refractivity (Wildman–Crippen MR) is 97.6 cm³/mol. The van der Waals surface area contributed by atoms with Gasteiger partial charge in [0.25, 0.3) is 0 Å². The molecule has 0 spiro atoms. The first kappa shape index (κ1) is 20.0. The summed E-state index contributed by atoms with van der Waals surface area (Å²) in [6.45, 7) is 7.07. The lowest BCUT2D eigenvalue weighted by molar-refractivity contribution is -0.641. The monoisotopic (exact) mass is 378 g/mol. The van der Waals surface area contributed by atoms with Crippen molar-refractivity contribution in [2.75, 3.05) is 13.2 Å². The Bertz CT molecular complexity index is 989. The van der Waals surface area contributed by atoms with Gasteiger partial charge in [-0.3, -0.25) is 4.18 Å². The lowest BCUT2D eigenvalue weighted by Gasteiger charge is -2.06. The van der Waals surface area contributed by atoms with E-state index in [1.54, 1.807) is 0 Å². The Hall–Kier alpha value is -2.29. The molecule has 3 rings (SSSR count). The van der Waals surface area contributed by atoms with Crippen LogP contribution < -0.4 is 9.30 Å². The van der Waals surface area contributed by atoms with Gasteiger partial charge in [0.2, 0.25) is 21.4 Å². The number of hydrogen-bond donors (Lipinski definition) is 0. The molecule has 2 aromatic carbocycles. The zero-order valence-corrected chi connectivity index (χ0v) is 15.8. The van der Waals surface area contributed by atoms with E-state index in [-0.39, 0.29) is 6.61 Å². The number of aromatic nitrogens is 2. The first-order valence-electron chi connectivity index (χ1n) is 8.35. The first-order chi connectivity index (χ1) is 12.4. The molecule has 0 bridgehead atoms. The minimum Gasteiger partial charge on any atom is -0.726 e. The second-order valence-corrected chi connectivity index (χ2v) is 6.30. The van der Waals surface area contributed by atoms with Crippen molar-refractivity contribution < 1.29 is 26.5 Å². The highest BCUT2D eigenvalue weighted by Gasteiger charge is 2.15. The van der Waals surface area contributed by atoms with Gasteiger partial charge < -0.3 is 9.29 Å². The van der Waals surface area contributed by atoms with Crippen LogP contribution in [0.4, 0.5) is 0 Å². The number of fused-ring (bicyclic) bond motifs is 2. The molecular weight excluding hydrogens is 356 g/mol. The normalized spacial score (nSPS) is 11.2. The van der Waals surface area contributed by atoms with Gasteiger partial charge in [0.15, 0.2) is 0 Å². The number of hydrogen-bond acceptors (Lipinski definition) is 6. The van der Waals surface area contributed by atoms with Crippen molar-refractivity contribution in [3.05, 3.63) is 42.5 Å². The maximum atomic E-state index is 9.45. The van der Waals surface area contributed by atoms with Crippen molar-refractivity contribution in [3.8, 4) is 5.75 Å². The third-order valence-corrected chi connectivity index (χ3v) is 4.06. The van der Waals surface area contributed by atoms with Crippen LogP contribution in [0.2, 0.25) is 0 Å². The van der Waals surface area contributed by atoms with Crippen molar-refractivity contribution in [3.63, 3.8) is 0 Å². The molecule has 0 saturated heterocycles. The lowest BCUT2D eigenvalue weighted by Crippen LogP contribution is -2.34. The highest BCUT2D eigenvalue weighted by atomic mass is 32.3. The molecule has 0 aliphatic heterocycles. The molecule has 7 nitrogen and oxygen atoms in total. The molecule has 0 atom stereocenters. The molecular formula is C18H22N2O5S. The summed E-state index contributed by atoms with van der Waals surface area (Å²) < 4.78 is 39.9. The number of ether oxygens (including phenoxy) is 1. The Labute approximate surface area is 153 Å². The van der Waals surface area contributed by atoms with E-state index in [9.17, 15) is 13.0 Å². The maximum absolute atomic E-state index is 9.45.